The first-order valence-corrected chi connectivity index (χ1v) is 31.8. The summed E-state index contributed by atoms with van der Waals surface area (Å²) < 4.78 is 16.9. The lowest BCUT2D eigenvalue weighted by Crippen LogP contribution is -2.30. The average Bonchev–Trinajstić information content (AvgIpc) is 3.35. The first kappa shape index (κ1) is 68.4. The molecular formula is C64H124O6. The quantitative estimate of drug-likeness (QED) is 0.0343. The molecule has 0 rings (SSSR count). The first-order chi connectivity index (χ1) is 34.3. The molecule has 0 aliphatic carbocycles. The van der Waals surface area contributed by atoms with Crippen molar-refractivity contribution < 1.29 is 28.6 Å². The van der Waals surface area contributed by atoms with Crippen LogP contribution in [0.3, 0.4) is 0 Å². The lowest BCUT2D eigenvalue weighted by Gasteiger charge is -2.18. The molecule has 0 radical (unpaired) electrons. The van der Waals surface area contributed by atoms with E-state index in [0.29, 0.717) is 19.3 Å². The van der Waals surface area contributed by atoms with Crippen LogP contribution in [0.25, 0.3) is 0 Å². The van der Waals surface area contributed by atoms with Crippen molar-refractivity contribution in [3.8, 4) is 0 Å². The van der Waals surface area contributed by atoms with E-state index in [1.807, 2.05) is 0 Å². The summed E-state index contributed by atoms with van der Waals surface area (Å²) in [6, 6.07) is 0. The van der Waals surface area contributed by atoms with Gasteiger partial charge in [-0.3, -0.25) is 14.4 Å². The molecule has 0 aliphatic heterocycles. The zero-order valence-electron chi connectivity index (χ0n) is 48.2. The van der Waals surface area contributed by atoms with Gasteiger partial charge in [-0.2, -0.15) is 0 Å². The van der Waals surface area contributed by atoms with Crippen molar-refractivity contribution >= 4 is 17.9 Å². The predicted molar refractivity (Wildman–Crippen MR) is 303 cm³/mol. The SMILES string of the molecule is CCCCCCCCCCCCCC(=O)OC[C@H](COC(=O)CCCCCCCCCCCCCCCCCCC(C)C)OC(=O)CCCCCCCCCCCCCCCCCCCCC(C)CC. The van der Waals surface area contributed by atoms with Gasteiger partial charge in [0.1, 0.15) is 13.2 Å². The Labute approximate surface area is 438 Å². The number of carbonyl (C=O) groups is 3. The van der Waals surface area contributed by atoms with Crippen molar-refractivity contribution in [3.05, 3.63) is 0 Å². The van der Waals surface area contributed by atoms with E-state index in [9.17, 15) is 14.4 Å². The van der Waals surface area contributed by atoms with E-state index in [2.05, 4.69) is 34.6 Å². The molecule has 0 saturated heterocycles. The summed E-state index contributed by atoms with van der Waals surface area (Å²) >= 11 is 0. The fourth-order valence-corrected chi connectivity index (χ4v) is 9.90. The van der Waals surface area contributed by atoms with E-state index in [1.165, 1.54) is 250 Å². The minimum atomic E-state index is -0.763. The maximum Gasteiger partial charge on any atom is 0.306 e. The fourth-order valence-electron chi connectivity index (χ4n) is 9.90. The molecule has 0 saturated carbocycles. The lowest BCUT2D eigenvalue weighted by atomic mass is 9.99. The average molecular weight is 990 g/mol. The second-order valence-corrected chi connectivity index (χ2v) is 22.8. The normalized spacial score (nSPS) is 12.4. The summed E-state index contributed by atoms with van der Waals surface area (Å²) in [6.45, 7) is 11.5. The Morgan fingerprint density at radius 1 is 0.300 bits per heavy atom. The van der Waals surface area contributed by atoms with E-state index in [0.717, 1.165) is 69.6 Å². The van der Waals surface area contributed by atoms with Gasteiger partial charge >= 0.3 is 17.9 Å². The molecule has 416 valence electrons. The Kier molecular flexibility index (Phi) is 55.4. The van der Waals surface area contributed by atoms with Crippen LogP contribution in [-0.4, -0.2) is 37.2 Å². The molecule has 0 N–H and O–H groups in total. The Morgan fingerprint density at radius 2 is 0.543 bits per heavy atom. The van der Waals surface area contributed by atoms with Crippen molar-refractivity contribution in [2.24, 2.45) is 11.8 Å². The van der Waals surface area contributed by atoms with E-state index in [-0.39, 0.29) is 31.1 Å². The van der Waals surface area contributed by atoms with Crippen molar-refractivity contribution in [2.75, 3.05) is 13.2 Å². The van der Waals surface area contributed by atoms with Gasteiger partial charge in [0, 0.05) is 19.3 Å². The highest BCUT2D eigenvalue weighted by Gasteiger charge is 2.19. The van der Waals surface area contributed by atoms with Gasteiger partial charge in [0.2, 0.25) is 0 Å². The molecule has 0 aliphatic rings. The molecule has 0 heterocycles. The topological polar surface area (TPSA) is 78.9 Å². The molecule has 0 amide bonds. The van der Waals surface area contributed by atoms with E-state index < -0.39 is 6.10 Å². The maximum absolute atomic E-state index is 12.9. The van der Waals surface area contributed by atoms with Crippen LogP contribution in [-0.2, 0) is 28.6 Å². The third-order valence-corrected chi connectivity index (χ3v) is 15.1. The highest BCUT2D eigenvalue weighted by molar-refractivity contribution is 5.71. The van der Waals surface area contributed by atoms with Crippen molar-refractivity contribution in [1.82, 2.24) is 0 Å². The van der Waals surface area contributed by atoms with Crippen molar-refractivity contribution in [1.29, 1.82) is 0 Å². The van der Waals surface area contributed by atoms with Crippen LogP contribution < -0.4 is 0 Å². The van der Waals surface area contributed by atoms with E-state index in [1.54, 1.807) is 0 Å². The van der Waals surface area contributed by atoms with E-state index in [4.69, 9.17) is 14.2 Å². The summed E-state index contributed by atoms with van der Waals surface area (Å²) in [5.74, 6) is 0.929. The van der Waals surface area contributed by atoms with Crippen LogP contribution >= 0.6 is 0 Å². The fraction of sp³-hybridized carbons (Fsp3) is 0.953. The van der Waals surface area contributed by atoms with Gasteiger partial charge in [-0.15, -0.1) is 0 Å². The minimum Gasteiger partial charge on any atom is -0.462 e. The second kappa shape index (κ2) is 56.7. The van der Waals surface area contributed by atoms with Crippen LogP contribution in [0.1, 0.15) is 362 Å². The van der Waals surface area contributed by atoms with Crippen LogP contribution in [0.5, 0.6) is 0 Å². The van der Waals surface area contributed by atoms with Gasteiger partial charge in [-0.1, -0.05) is 324 Å². The Bertz CT molecular complexity index is 1070. The number of hydrogen-bond donors (Lipinski definition) is 0. The number of hydrogen-bond acceptors (Lipinski definition) is 6. The third kappa shape index (κ3) is 55.7. The first-order valence-electron chi connectivity index (χ1n) is 31.8. The molecule has 1 unspecified atom stereocenters. The highest BCUT2D eigenvalue weighted by Crippen LogP contribution is 2.19. The molecule has 0 aromatic heterocycles. The minimum absolute atomic E-state index is 0.0619. The third-order valence-electron chi connectivity index (χ3n) is 15.1. The molecule has 0 fully saturated rings. The number of unbranched alkanes of at least 4 members (excludes halogenated alkanes) is 42. The molecule has 0 spiro atoms. The van der Waals surface area contributed by atoms with E-state index >= 15 is 0 Å². The molecule has 6 heteroatoms. The molecule has 0 aromatic rings. The van der Waals surface area contributed by atoms with Gasteiger partial charge in [0.15, 0.2) is 6.10 Å². The Morgan fingerprint density at radius 3 is 0.814 bits per heavy atom. The summed E-state index contributed by atoms with van der Waals surface area (Å²) in [6.07, 6.45) is 62.4. The predicted octanol–water partition coefficient (Wildman–Crippen LogP) is 21.2. The van der Waals surface area contributed by atoms with Crippen molar-refractivity contribution in [3.63, 3.8) is 0 Å². The zero-order valence-corrected chi connectivity index (χ0v) is 48.2. The second-order valence-electron chi connectivity index (χ2n) is 22.8. The Hall–Kier alpha value is -1.59. The zero-order chi connectivity index (χ0) is 51.1. The number of carbonyl (C=O) groups excluding carboxylic acids is 3. The molecule has 70 heavy (non-hydrogen) atoms. The van der Waals surface area contributed by atoms with Crippen LogP contribution in [0.2, 0.25) is 0 Å². The number of ether oxygens (including phenoxy) is 3. The van der Waals surface area contributed by atoms with Gasteiger partial charge in [0.25, 0.3) is 0 Å². The molecule has 6 nitrogen and oxygen atoms in total. The van der Waals surface area contributed by atoms with Crippen molar-refractivity contribution in [2.45, 2.75) is 368 Å². The van der Waals surface area contributed by atoms with Crippen LogP contribution in [0.4, 0.5) is 0 Å². The monoisotopic (exact) mass is 989 g/mol. The number of esters is 3. The van der Waals surface area contributed by atoms with Gasteiger partial charge in [-0.05, 0) is 31.1 Å². The summed E-state index contributed by atoms with van der Waals surface area (Å²) in [7, 11) is 0. The van der Waals surface area contributed by atoms with Gasteiger partial charge in [-0.25, -0.2) is 0 Å². The highest BCUT2D eigenvalue weighted by atomic mass is 16.6. The molecular weight excluding hydrogens is 865 g/mol. The van der Waals surface area contributed by atoms with Gasteiger partial charge in [0.05, 0.1) is 0 Å². The summed E-state index contributed by atoms with van der Waals surface area (Å²) in [4.78, 5) is 38.2. The van der Waals surface area contributed by atoms with Crippen LogP contribution in [0.15, 0.2) is 0 Å². The summed E-state index contributed by atoms with van der Waals surface area (Å²) in [5.41, 5.74) is 0. The summed E-state index contributed by atoms with van der Waals surface area (Å²) in [5, 5.41) is 0. The van der Waals surface area contributed by atoms with Crippen LogP contribution in [0, 0.1) is 11.8 Å². The standard InChI is InChI=1S/C64H124O6/c1-6-8-9-10-11-12-27-34-39-44-49-54-62(65)68-57-61(58-69-63(66)55-50-45-40-35-30-25-21-18-17-19-23-28-32-37-42-47-52-59(3)4)70-64(67)56-51-46-41-36-31-26-22-16-14-13-15-20-24-29-33-38-43-48-53-60(5)7-2/h59-61H,6-58H2,1-5H3/t60?,61-/m1/s1. The largest absolute Gasteiger partial charge is 0.462 e. The maximum atomic E-state index is 12.9. The molecule has 0 aromatic carbocycles. The smallest absolute Gasteiger partial charge is 0.306 e. The molecule has 2 atom stereocenters. The van der Waals surface area contributed by atoms with Gasteiger partial charge < -0.3 is 14.2 Å². The molecule has 0 bridgehead atoms. The number of rotatable bonds is 58. The Balaban J connectivity index is 4.21. The lowest BCUT2D eigenvalue weighted by molar-refractivity contribution is -0.167.